The summed E-state index contributed by atoms with van der Waals surface area (Å²) in [5, 5.41) is 7.41. The van der Waals surface area contributed by atoms with E-state index in [4.69, 9.17) is 27.9 Å². The van der Waals surface area contributed by atoms with Crippen LogP contribution >= 0.6 is 23.2 Å². The van der Waals surface area contributed by atoms with E-state index in [-0.39, 0.29) is 11.9 Å². The van der Waals surface area contributed by atoms with Crippen LogP contribution in [0.4, 0.5) is 4.79 Å². The Hall–Kier alpha value is -2.33. The van der Waals surface area contributed by atoms with Gasteiger partial charge in [0, 0.05) is 25.9 Å². The number of amides is 2. The van der Waals surface area contributed by atoms with Gasteiger partial charge in [0.1, 0.15) is 5.60 Å². The normalized spacial score (nSPS) is 23.2. The molecule has 0 saturated carbocycles. The lowest BCUT2D eigenvalue weighted by Crippen LogP contribution is -2.52. The number of hydrogen-bond acceptors (Lipinski definition) is 6. The van der Waals surface area contributed by atoms with Crippen LogP contribution < -0.4 is 10.6 Å². The summed E-state index contributed by atoms with van der Waals surface area (Å²) in [5.41, 5.74) is 1.12. The first-order valence-corrected chi connectivity index (χ1v) is 36.5. The fourth-order valence-electron chi connectivity index (χ4n) is 13.0. The van der Waals surface area contributed by atoms with Crippen LogP contribution in [0.2, 0.25) is 10.0 Å². The number of carbonyl (C=O) groups is 2. The molecule has 464 valence electrons. The molecular formula is C70H119Cl2N3O5S. The van der Waals surface area contributed by atoms with Crippen LogP contribution in [0, 0.1) is 11.3 Å². The topological polar surface area (TPSA) is 105 Å². The summed E-state index contributed by atoms with van der Waals surface area (Å²) in [5.74, 6) is 0.888. The van der Waals surface area contributed by atoms with Gasteiger partial charge in [-0.15, -0.1) is 0 Å². The monoisotopic (exact) mass is 1180 g/mol. The first kappa shape index (κ1) is 71.2. The van der Waals surface area contributed by atoms with E-state index in [2.05, 4.69) is 15.5 Å². The molecule has 3 unspecified atom stereocenters. The second kappa shape index (κ2) is 42.5. The average molecular weight is 1190 g/mol. The number of alkyl carbamates (subject to hydrolysis) is 1. The molecule has 2 aromatic rings. The van der Waals surface area contributed by atoms with Crippen LogP contribution in [0.3, 0.4) is 0 Å². The zero-order chi connectivity index (χ0) is 58.3. The lowest BCUT2D eigenvalue weighted by atomic mass is 9.75. The van der Waals surface area contributed by atoms with E-state index >= 15 is 0 Å². The minimum atomic E-state index is -3.19. The molecule has 1 spiro atoms. The van der Waals surface area contributed by atoms with E-state index in [1.54, 1.807) is 18.2 Å². The third-order valence-corrected chi connectivity index (χ3v) is 19.7. The van der Waals surface area contributed by atoms with Crippen molar-refractivity contribution in [1.29, 1.82) is 0 Å². The second-order valence-corrected chi connectivity index (χ2v) is 29.3. The van der Waals surface area contributed by atoms with Crippen LogP contribution in [0.5, 0.6) is 0 Å². The number of halogens is 2. The van der Waals surface area contributed by atoms with Gasteiger partial charge < -0.3 is 20.3 Å². The maximum atomic E-state index is 14.1. The summed E-state index contributed by atoms with van der Waals surface area (Å²) < 4.78 is 30.0. The van der Waals surface area contributed by atoms with E-state index in [9.17, 15) is 18.0 Å². The molecule has 0 aliphatic carbocycles. The highest BCUT2D eigenvalue weighted by atomic mass is 35.5. The smallest absolute Gasteiger partial charge is 0.408 e. The molecule has 2 N–H and O–H groups in total. The Balaban J connectivity index is 1.32. The van der Waals surface area contributed by atoms with Crippen LogP contribution in [0.1, 0.15) is 314 Å². The third-order valence-electron chi connectivity index (χ3n) is 17.9. The van der Waals surface area contributed by atoms with Crippen molar-refractivity contribution in [2.24, 2.45) is 11.3 Å². The summed E-state index contributed by atoms with van der Waals surface area (Å²) >= 11 is 12.9. The van der Waals surface area contributed by atoms with Gasteiger partial charge in [-0.05, 0) is 107 Å². The summed E-state index contributed by atoms with van der Waals surface area (Å²) in [6.45, 7) is 8.79. The lowest BCUT2D eigenvalue weighted by molar-refractivity contribution is -0.135. The van der Waals surface area contributed by atoms with Gasteiger partial charge in [0.15, 0.2) is 9.84 Å². The summed E-state index contributed by atoms with van der Waals surface area (Å²) in [4.78, 5) is 30.3. The third kappa shape index (κ3) is 33.2. The molecule has 2 aromatic carbocycles. The first-order valence-electron chi connectivity index (χ1n) is 33.9. The van der Waals surface area contributed by atoms with E-state index in [0.717, 1.165) is 70.3 Å². The molecule has 2 fully saturated rings. The molecule has 2 aliphatic heterocycles. The maximum Gasteiger partial charge on any atom is 0.408 e. The SMILES string of the molecule is CC(C)(C)OC(=O)NC(CCN1CCCCCCCCCCCCCC(Cc2ccc(S(C)(=O)=O)cc2)CCCCCCCCCCCCCCCCCCCCCCCCCCCCC2(CCCNC2=O)C1)c1ccc(Cl)c(Cl)c1. The number of rotatable bonds is 8. The fourth-order valence-corrected chi connectivity index (χ4v) is 13.9. The molecule has 0 bridgehead atoms. The molecule has 11 heteroatoms. The Morgan fingerprint density at radius 1 is 0.605 bits per heavy atom. The van der Waals surface area contributed by atoms with Crippen molar-refractivity contribution in [1.82, 2.24) is 15.5 Å². The molecule has 4 rings (SSSR count). The highest BCUT2D eigenvalue weighted by molar-refractivity contribution is 7.90. The Kier molecular flexibility index (Phi) is 37.3. The standard InChI is InChI=1S/C70H119Cl2N3O5S/c1-69(2,3)80-68(77)74-66(62-47-50-64(71)65(72)58-62)51-56-75-55-41-37-33-29-25-21-23-27-31-35-39-44-60(57-61-45-48-63(49-46-61)81(4,78)79)43-38-34-30-26-22-19-17-15-13-11-9-7-5-6-8-10-12-14-16-18-20-24-28-32-36-40-52-70(59-75)53-42-54-73-67(70)76/h45-50,58,60,66H,5-44,51-57,59H2,1-4H3,(H,73,76)(H,74,77). The van der Waals surface area contributed by atoms with E-state index in [1.165, 1.54) is 249 Å². The average Bonchev–Trinajstić information content (AvgIpc) is 3.43. The van der Waals surface area contributed by atoms with Crippen molar-refractivity contribution in [2.75, 3.05) is 32.4 Å². The van der Waals surface area contributed by atoms with Crippen LogP contribution in [0.15, 0.2) is 47.4 Å². The van der Waals surface area contributed by atoms with Crippen LogP contribution in [-0.2, 0) is 25.8 Å². The number of hydrogen-bond donors (Lipinski definition) is 2. The zero-order valence-electron chi connectivity index (χ0n) is 52.3. The molecular weight excluding hydrogens is 1070 g/mol. The van der Waals surface area contributed by atoms with Crippen molar-refractivity contribution < 1.29 is 22.7 Å². The molecule has 0 radical (unpaired) electrons. The van der Waals surface area contributed by atoms with Gasteiger partial charge in [0.05, 0.1) is 26.4 Å². The van der Waals surface area contributed by atoms with Crippen molar-refractivity contribution in [3.05, 3.63) is 63.6 Å². The quantitative estimate of drug-likeness (QED) is 0.273. The van der Waals surface area contributed by atoms with Gasteiger partial charge >= 0.3 is 6.09 Å². The van der Waals surface area contributed by atoms with E-state index < -0.39 is 26.9 Å². The Bertz CT molecular complexity index is 2060. The Morgan fingerprint density at radius 3 is 1.44 bits per heavy atom. The largest absolute Gasteiger partial charge is 0.444 e. The summed E-state index contributed by atoms with van der Waals surface area (Å²) in [6.07, 6.45) is 57.2. The maximum absolute atomic E-state index is 14.1. The molecule has 2 amide bonds. The number of nitrogens with one attached hydrogen (secondary N) is 2. The van der Waals surface area contributed by atoms with Crippen molar-refractivity contribution in [3.63, 3.8) is 0 Å². The molecule has 0 aromatic heterocycles. The molecule has 3 atom stereocenters. The Morgan fingerprint density at radius 2 is 1.02 bits per heavy atom. The zero-order valence-corrected chi connectivity index (χ0v) is 54.6. The van der Waals surface area contributed by atoms with Gasteiger partial charge in [-0.3, -0.25) is 4.79 Å². The molecule has 2 saturated heterocycles. The van der Waals surface area contributed by atoms with E-state index in [1.807, 2.05) is 45.0 Å². The first-order chi connectivity index (χ1) is 39.1. The second-order valence-electron chi connectivity index (χ2n) is 26.5. The summed E-state index contributed by atoms with van der Waals surface area (Å²) in [6, 6.07) is 13.0. The van der Waals surface area contributed by atoms with Gasteiger partial charge in [0.25, 0.3) is 0 Å². The molecule has 81 heavy (non-hydrogen) atoms. The van der Waals surface area contributed by atoms with Gasteiger partial charge in [-0.1, -0.05) is 285 Å². The molecule has 2 aliphatic rings. The Labute approximate surface area is 507 Å². The lowest BCUT2D eigenvalue weighted by Gasteiger charge is -2.40. The summed E-state index contributed by atoms with van der Waals surface area (Å²) in [7, 11) is -3.19. The van der Waals surface area contributed by atoms with Crippen LogP contribution in [-0.4, -0.2) is 63.4 Å². The van der Waals surface area contributed by atoms with Crippen molar-refractivity contribution in [2.45, 2.75) is 320 Å². The van der Waals surface area contributed by atoms with Crippen molar-refractivity contribution >= 4 is 45.0 Å². The predicted molar refractivity (Wildman–Crippen MR) is 346 cm³/mol. The minimum absolute atomic E-state index is 0.226. The van der Waals surface area contributed by atoms with Gasteiger partial charge in [-0.25, -0.2) is 13.2 Å². The highest BCUT2D eigenvalue weighted by Gasteiger charge is 2.41. The number of nitrogens with zero attached hydrogens (tertiary/aromatic N) is 1. The predicted octanol–water partition coefficient (Wildman–Crippen LogP) is 21.0. The molecule has 8 nitrogen and oxygen atoms in total. The van der Waals surface area contributed by atoms with Gasteiger partial charge in [-0.2, -0.15) is 0 Å². The molecule has 2 heterocycles. The number of benzene rings is 2. The number of carbonyl (C=O) groups excluding carboxylic acids is 2. The van der Waals surface area contributed by atoms with Gasteiger partial charge in [0.2, 0.25) is 5.91 Å². The van der Waals surface area contributed by atoms with Crippen LogP contribution in [0.25, 0.3) is 0 Å². The number of ether oxygens (including phenoxy) is 1. The minimum Gasteiger partial charge on any atom is -0.444 e. The fraction of sp³-hybridized carbons (Fsp3) is 0.800. The number of piperidine rings is 1. The van der Waals surface area contributed by atoms with E-state index in [0.29, 0.717) is 27.3 Å². The van der Waals surface area contributed by atoms with Crippen molar-refractivity contribution in [3.8, 4) is 0 Å². The number of sulfone groups is 1. The highest BCUT2D eigenvalue weighted by Crippen LogP contribution is 2.36.